The van der Waals surface area contributed by atoms with Gasteiger partial charge in [-0.1, -0.05) is 6.07 Å². The maximum absolute atomic E-state index is 11.8. The summed E-state index contributed by atoms with van der Waals surface area (Å²) in [6.07, 6.45) is 6.14. The number of H-pyrrole nitrogens is 1. The number of aromatic amines is 1. The van der Waals surface area contributed by atoms with E-state index < -0.39 is 5.69 Å². The lowest BCUT2D eigenvalue weighted by Crippen LogP contribution is -2.35. The Morgan fingerprint density at radius 2 is 2.19 bits per heavy atom. The first kappa shape index (κ1) is 16.1. The van der Waals surface area contributed by atoms with Crippen LogP contribution in [-0.4, -0.2) is 43.2 Å². The van der Waals surface area contributed by atoms with E-state index in [9.17, 15) is 9.59 Å². The lowest BCUT2D eigenvalue weighted by atomic mass is 10.2. The fourth-order valence-corrected chi connectivity index (χ4v) is 3.06. The van der Waals surface area contributed by atoms with Crippen molar-refractivity contribution in [2.45, 2.75) is 12.5 Å². The summed E-state index contributed by atoms with van der Waals surface area (Å²) in [6, 6.07) is 7.41. The molecule has 0 saturated carbocycles. The number of nitrogens with one attached hydrogen (secondary N) is 2. The molecule has 9 heteroatoms. The van der Waals surface area contributed by atoms with Crippen molar-refractivity contribution in [3.05, 3.63) is 63.8 Å². The quantitative estimate of drug-likeness (QED) is 0.702. The van der Waals surface area contributed by atoms with Crippen molar-refractivity contribution in [2.75, 3.05) is 23.3 Å². The summed E-state index contributed by atoms with van der Waals surface area (Å²) in [4.78, 5) is 37.0. The number of aromatic nitrogens is 5. The van der Waals surface area contributed by atoms with E-state index in [0.29, 0.717) is 12.4 Å². The number of rotatable bonds is 4. The van der Waals surface area contributed by atoms with Crippen LogP contribution in [0.25, 0.3) is 5.82 Å². The van der Waals surface area contributed by atoms with Gasteiger partial charge in [0, 0.05) is 44.6 Å². The highest BCUT2D eigenvalue weighted by Gasteiger charge is 2.24. The van der Waals surface area contributed by atoms with Crippen molar-refractivity contribution in [3.8, 4) is 5.82 Å². The number of imidazole rings is 1. The summed E-state index contributed by atoms with van der Waals surface area (Å²) in [5, 5.41) is 3.42. The van der Waals surface area contributed by atoms with Gasteiger partial charge in [0.05, 0.1) is 0 Å². The number of anilines is 2. The third kappa shape index (κ3) is 3.10. The average molecular weight is 353 g/mol. The summed E-state index contributed by atoms with van der Waals surface area (Å²) in [5.41, 5.74) is -0.714. The monoisotopic (exact) mass is 353 g/mol. The smallest absolute Gasteiger partial charge is 0.329 e. The van der Waals surface area contributed by atoms with E-state index in [-0.39, 0.29) is 11.6 Å². The molecule has 9 nitrogen and oxygen atoms in total. The zero-order valence-corrected chi connectivity index (χ0v) is 14.3. The molecular formula is C17H19N7O2. The van der Waals surface area contributed by atoms with Crippen LogP contribution < -0.4 is 21.5 Å². The largest absolute Gasteiger partial charge is 0.365 e. The van der Waals surface area contributed by atoms with Crippen molar-refractivity contribution >= 4 is 11.6 Å². The van der Waals surface area contributed by atoms with Gasteiger partial charge in [-0.15, -0.1) is 0 Å². The standard InChI is InChI=1S/C17H19N7O2/c1-22-16(25)9-15(21-17(22)26)23-7-5-12(10-23)19-13-3-2-4-14(20-13)24-8-6-18-11-24/h2-4,6,8-9,11-12H,5,7,10H2,1H3,(H,19,20)(H,21,26)/t12-/m1/s1. The molecule has 134 valence electrons. The minimum atomic E-state index is -0.404. The summed E-state index contributed by atoms with van der Waals surface area (Å²) < 4.78 is 2.90. The molecule has 0 spiro atoms. The Bertz CT molecular complexity index is 991. The van der Waals surface area contributed by atoms with Gasteiger partial charge in [0.2, 0.25) is 0 Å². The number of pyridine rings is 1. The third-order valence-electron chi connectivity index (χ3n) is 4.51. The lowest BCUT2D eigenvalue weighted by Gasteiger charge is -2.19. The highest BCUT2D eigenvalue weighted by atomic mass is 16.2. The topological polar surface area (TPSA) is 101 Å². The van der Waals surface area contributed by atoms with Gasteiger partial charge in [0.25, 0.3) is 5.56 Å². The van der Waals surface area contributed by atoms with Gasteiger partial charge in [-0.25, -0.2) is 14.8 Å². The third-order valence-corrected chi connectivity index (χ3v) is 4.51. The molecule has 1 aliphatic rings. The van der Waals surface area contributed by atoms with E-state index in [2.05, 4.69) is 20.3 Å². The van der Waals surface area contributed by atoms with Crippen LogP contribution in [0.15, 0.2) is 52.6 Å². The molecular weight excluding hydrogens is 334 g/mol. The molecule has 1 aliphatic heterocycles. The van der Waals surface area contributed by atoms with Gasteiger partial charge in [0.15, 0.2) is 0 Å². The predicted octanol–water partition coefficient (Wildman–Crippen LogP) is 0.345. The first-order chi connectivity index (χ1) is 12.6. The van der Waals surface area contributed by atoms with Crippen LogP contribution >= 0.6 is 0 Å². The van der Waals surface area contributed by atoms with Gasteiger partial charge in [-0.05, 0) is 18.6 Å². The second kappa shape index (κ2) is 6.51. The summed E-state index contributed by atoms with van der Waals surface area (Å²) >= 11 is 0. The Labute approximate surface area is 149 Å². The van der Waals surface area contributed by atoms with Crippen LogP contribution in [0.4, 0.5) is 11.6 Å². The Morgan fingerprint density at radius 3 is 2.96 bits per heavy atom. The summed E-state index contributed by atoms with van der Waals surface area (Å²) in [6.45, 7) is 1.43. The molecule has 0 amide bonds. The molecule has 0 radical (unpaired) electrons. The van der Waals surface area contributed by atoms with Crippen LogP contribution in [0.5, 0.6) is 0 Å². The van der Waals surface area contributed by atoms with E-state index in [0.717, 1.165) is 29.2 Å². The maximum Gasteiger partial charge on any atom is 0.329 e. The van der Waals surface area contributed by atoms with Gasteiger partial charge in [-0.2, -0.15) is 0 Å². The second-order valence-corrected chi connectivity index (χ2v) is 6.28. The fourth-order valence-electron chi connectivity index (χ4n) is 3.06. The molecule has 0 unspecified atom stereocenters. The van der Waals surface area contributed by atoms with E-state index >= 15 is 0 Å². The normalized spacial score (nSPS) is 16.8. The molecule has 1 atom stereocenters. The molecule has 26 heavy (non-hydrogen) atoms. The lowest BCUT2D eigenvalue weighted by molar-refractivity contribution is 0.760. The van der Waals surface area contributed by atoms with E-state index in [1.807, 2.05) is 33.9 Å². The molecule has 1 fully saturated rings. The number of hydrogen-bond acceptors (Lipinski definition) is 6. The van der Waals surface area contributed by atoms with Crippen LogP contribution in [0.2, 0.25) is 0 Å². The highest BCUT2D eigenvalue weighted by Crippen LogP contribution is 2.19. The van der Waals surface area contributed by atoms with E-state index in [1.165, 1.54) is 13.1 Å². The van der Waals surface area contributed by atoms with Crippen molar-refractivity contribution in [3.63, 3.8) is 0 Å². The van der Waals surface area contributed by atoms with Gasteiger partial charge in [0.1, 0.15) is 23.8 Å². The Balaban J connectivity index is 1.47. The Kier molecular flexibility index (Phi) is 4.04. The van der Waals surface area contributed by atoms with Crippen LogP contribution in [0, 0.1) is 0 Å². The minimum absolute atomic E-state index is 0.174. The molecule has 3 aromatic heterocycles. The molecule has 0 aliphatic carbocycles. The first-order valence-electron chi connectivity index (χ1n) is 8.37. The van der Waals surface area contributed by atoms with Crippen molar-refractivity contribution in [1.29, 1.82) is 0 Å². The number of hydrogen-bond donors (Lipinski definition) is 2. The zero-order chi connectivity index (χ0) is 18.1. The fraction of sp³-hybridized carbons (Fsp3) is 0.294. The molecule has 2 N–H and O–H groups in total. The van der Waals surface area contributed by atoms with Crippen molar-refractivity contribution < 1.29 is 0 Å². The number of nitrogens with zero attached hydrogens (tertiary/aromatic N) is 5. The minimum Gasteiger partial charge on any atom is -0.365 e. The van der Waals surface area contributed by atoms with Gasteiger partial charge < -0.3 is 10.2 Å². The molecule has 4 rings (SSSR count). The van der Waals surface area contributed by atoms with Gasteiger partial charge >= 0.3 is 5.69 Å². The Morgan fingerprint density at radius 1 is 1.31 bits per heavy atom. The Hall–Kier alpha value is -3.36. The van der Waals surface area contributed by atoms with Crippen LogP contribution in [0.3, 0.4) is 0 Å². The first-order valence-corrected chi connectivity index (χ1v) is 8.37. The molecule has 1 saturated heterocycles. The molecule has 3 aromatic rings. The van der Waals surface area contributed by atoms with Crippen LogP contribution in [-0.2, 0) is 7.05 Å². The van der Waals surface area contributed by atoms with E-state index in [1.54, 1.807) is 12.5 Å². The second-order valence-electron chi connectivity index (χ2n) is 6.28. The average Bonchev–Trinajstić information content (AvgIpc) is 3.31. The summed E-state index contributed by atoms with van der Waals surface area (Å²) in [7, 11) is 1.46. The van der Waals surface area contributed by atoms with Crippen molar-refractivity contribution in [2.24, 2.45) is 7.05 Å². The SMILES string of the molecule is Cn1c(=O)cc(N2CC[C@@H](Nc3cccc(-n4ccnc4)n3)C2)[nH]c1=O. The van der Waals surface area contributed by atoms with Crippen LogP contribution in [0.1, 0.15) is 6.42 Å². The van der Waals surface area contributed by atoms with E-state index in [4.69, 9.17) is 0 Å². The molecule has 4 heterocycles. The molecule has 0 bridgehead atoms. The maximum atomic E-state index is 11.8. The van der Waals surface area contributed by atoms with Gasteiger partial charge in [-0.3, -0.25) is 18.9 Å². The zero-order valence-electron chi connectivity index (χ0n) is 14.3. The molecule has 0 aromatic carbocycles. The van der Waals surface area contributed by atoms with Crippen molar-refractivity contribution in [1.82, 2.24) is 24.1 Å². The summed E-state index contributed by atoms with van der Waals surface area (Å²) in [5.74, 6) is 2.13. The predicted molar refractivity (Wildman–Crippen MR) is 97.9 cm³/mol. The highest BCUT2D eigenvalue weighted by molar-refractivity contribution is 5.44.